The summed E-state index contributed by atoms with van der Waals surface area (Å²) < 4.78 is 5.27. The first-order valence-corrected chi connectivity index (χ1v) is 9.84. The lowest BCUT2D eigenvalue weighted by molar-refractivity contribution is -0.145. The van der Waals surface area contributed by atoms with Crippen LogP contribution in [0.15, 0.2) is 36.4 Å². The number of methoxy groups -OCH3 is 1. The van der Waals surface area contributed by atoms with Crippen LogP contribution in [0.3, 0.4) is 0 Å². The number of ether oxygens (including phenoxy) is 1. The maximum absolute atomic E-state index is 12.5. The Balaban J connectivity index is 1.49. The number of carbonyl (C=O) groups excluding carboxylic acids is 1. The molecule has 0 radical (unpaired) electrons. The summed E-state index contributed by atoms with van der Waals surface area (Å²) in [6.45, 7) is 1.71. The molecule has 1 amide bonds. The standard InChI is InChI=1S/C22H26N2O4/c1-28-20-7-4-15-8-14(2-3-16(15)10-20)11-24-12-17(9-18(13-24)22(26)27)21(25)23-19-5-6-19/h2-4,7-8,10,17-19H,5-6,9,11-13H2,1H3,(H,23,25)(H,26,27)/t17-,18+/m1/s1. The number of hydrogen-bond donors (Lipinski definition) is 2. The fourth-order valence-corrected chi connectivity index (χ4v) is 3.99. The van der Waals surface area contributed by atoms with Gasteiger partial charge in [0.2, 0.25) is 5.91 Å². The number of carbonyl (C=O) groups is 2. The molecule has 0 aromatic heterocycles. The van der Waals surface area contributed by atoms with Crippen LogP contribution in [0.25, 0.3) is 10.8 Å². The molecule has 1 saturated carbocycles. The van der Waals surface area contributed by atoms with Gasteiger partial charge in [-0.25, -0.2) is 0 Å². The highest BCUT2D eigenvalue weighted by atomic mass is 16.5. The summed E-state index contributed by atoms with van der Waals surface area (Å²) in [7, 11) is 1.65. The summed E-state index contributed by atoms with van der Waals surface area (Å²) in [6, 6.07) is 12.5. The van der Waals surface area contributed by atoms with Gasteiger partial charge in [0, 0.05) is 25.7 Å². The van der Waals surface area contributed by atoms with E-state index in [1.54, 1.807) is 7.11 Å². The highest BCUT2D eigenvalue weighted by Gasteiger charge is 2.36. The molecule has 0 unspecified atom stereocenters. The Morgan fingerprint density at radius 3 is 2.54 bits per heavy atom. The minimum Gasteiger partial charge on any atom is -0.497 e. The number of nitrogens with zero attached hydrogens (tertiary/aromatic N) is 1. The van der Waals surface area contributed by atoms with Crippen molar-refractivity contribution in [1.82, 2.24) is 10.2 Å². The highest BCUT2D eigenvalue weighted by Crippen LogP contribution is 2.27. The first kappa shape index (κ1) is 18.7. The van der Waals surface area contributed by atoms with Crippen molar-refractivity contribution < 1.29 is 19.4 Å². The van der Waals surface area contributed by atoms with Gasteiger partial charge >= 0.3 is 5.97 Å². The topological polar surface area (TPSA) is 78.9 Å². The number of carboxylic acids is 1. The molecular weight excluding hydrogens is 356 g/mol. The summed E-state index contributed by atoms with van der Waals surface area (Å²) in [4.78, 5) is 26.2. The first-order chi connectivity index (χ1) is 13.5. The average Bonchev–Trinajstić information content (AvgIpc) is 3.51. The molecule has 0 bridgehead atoms. The van der Waals surface area contributed by atoms with Gasteiger partial charge in [0.1, 0.15) is 5.75 Å². The molecule has 1 aliphatic carbocycles. The summed E-state index contributed by atoms with van der Waals surface area (Å²) in [5, 5.41) is 14.8. The van der Waals surface area contributed by atoms with Crippen molar-refractivity contribution >= 4 is 22.6 Å². The number of nitrogens with one attached hydrogen (secondary N) is 1. The quantitative estimate of drug-likeness (QED) is 0.803. The zero-order chi connectivity index (χ0) is 19.7. The maximum atomic E-state index is 12.5. The van der Waals surface area contributed by atoms with Gasteiger partial charge in [-0.15, -0.1) is 0 Å². The van der Waals surface area contributed by atoms with E-state index in [2.05, 4.69) is 28.4 Å². The van der Waals surface area contributed by atoms with Crippen molar-refractivity contribution in [2.24, 2.45) is 11.8 Å². The van der Waals surface area contributed by atoms with Gasteiger partial charge in [-0.3, -0.25) is 14.5 Å². The predicted octanol–water partition coefficient (Wildman–Crippen LogP) is 2.65. The van der Waals surface area contributed by atoms with Gasteiger partial charge in [0.05, 0.1) is 18.9 Å². The molecule has 1 heterocycles. The zero-order valence-corrected chi connectivity index (χ0v) is 16.1. The van der Waals surface area contributed by atoms with Crippen LogP contribution in [0, 0.1) is 11.8 Å². The molecule has 4 rings (SSSR count). The van der Waals surface area contributed by atoms with E-state index in [4.69, 9.17) is 4.74 Å². The Kier molecular flexibility index (Phi) is 5.22. The van der Waals surface area contributed by atoms with Crippen molar-refractivity contribution in [3.63, 3.8) is 0 Å². The minimum absolute atomic E-state index is 0.00376. The number of aliphatic carboxylic acids is 1. The Bertz CT molecular complexity index is 893. The molecule has 6 nitrogen and oxygen atoms in total. The summed E-state index contributed by atoms with van der Waals surface area (Å²) >= 11 is 0. The largest absolute Gasteiger partial charge is 0.497 e. The van der Waals surface area contributed by atoms with Gasteiger partial charge < -0.3 is 15.2 Å². The third kappa shape index (κ3) is 4.28. The van der Waals surface area contributed by atoms with Crippen LogP contribution < -0.4 is 10.1 Å². The van der Waals surface area contributed by atoms with Gasteiger partial charge in [0.25, 0.3) is 0 Å². The van der Waals surface area contributed by atoms with E-state index in [0.29, 0.717) is 32.1 Å². The molecule has 1 aliphatic heterocycles. The number of fused-ring (bicyclic) bond motifs is 1. The van der Waals surface area contributed by atoms with Crippen molar-refractivity contribution in [3.05, 3.63) is 42.0 Å². The summed E-state index contributed by atoms with van der Waals surface area (Å²) in [5.74, 6) is -0.762. The molecule has 0 spiro atoms. The van der Waals surface area contributed by atoms with Crippen molar-refractivity contribution in [3.8, 4) is 5.75 Å². The van der Waals surface area contributed by atoms with Crippen molar-refractivity contribution in [2.75, 3.05) is 20.2 Å². The number of piperidine rings is 1. The normalized spacial score (nSPS) is 22.8. The van der Waals surface area contributed by atoms with E-state index in [1.165, 1.54) is 0 Å². The van der Waals surface area contributed by atoms with E-state index >= 15 is 0 Å². The van der Waals surface area contributed by atoms with Crippen LogP contribution in [0.4, 0.5) is 0 Å². The van der Waals surface area contributed by atoms with E-state index in [9.17, 15) is 14.7 Å². The average molecular weight is 382 g/mol. The lowest BCUT2D eigenvalue weighted by Crippen LogP contribution is -2.48. The van der Waals surface area contributed by atoms with Crippen LogP contribution in [-0.4, -0.2) is 48.1 Å². The molecule has 1 saturated heterocycles. The number of likely N-dealkylation sites (tertiary alicyclic amines) is 1. The second kappa shape index (κ2) is 7.80. The lowest BCUT2D eigenvalue weighted by Gasteiger charge is -2.35. The highest BCUT2D eigenvalue weighted by molar-refractivity contribution is 5.84. The first-order valence-electron chi connectivity index (χ1n) is 9.84. The van der Waals surface area contributed by atoms with Crippen molar-refractivity contribution in [1.29, 1.82) is 0 Å². The van der Waals surface area contributed by atoms with Crippen molar-refractivity contribution in [2.45, 2.75) is 31.8 Å². The molecule has 2 aliphatic rings. The molecule has 2 N–H and O–H groups in total. The molecule has 2 fully saturated rings. The number of amides is 1. The number of hydrogen-bond acceptors (Lipinski definition) is 4. The minimum atomic E-state index is -0.820. The molecule has 28 heavy (non-hydrogen) atoms. The zero-order valence-electron chi connectivity index (χ0n) is 16.1. The van der Waals surface area contributed by atoms with Gasteiger partial charge in [-0.1, -0.05) is 18.2 Å². The Morgan fingerprint density at radius 2 is 1.82 bits per heavy atom. The van der Waals surface area contributed by atoms with Crippen LogP contribution in [0.1, 0.15) is 24.8 Å². The second-order valence-electron chi connectivity index (χ2n) is 7.99. The van der Waals surface area contributed by atoms with E-state index in [0.717, 1.165) is 34.9 Å². The second-order valence-corrected chi connectivity index (χ2v) is 7.99. The number of benzene rings is 2. The molecule has 6 heteroatoms. The molecule has 2 aromatic rings. The predicted molar refractivity (Wildman–Crippen MR) is 106 cm³/mol. The molecule has 2 atom stereocenters. The Hall–Kier alpha value is -2.60. The van der Waals surface area contributed by atoms with E-state index in [-0.39, 0.29) is 11.8 Å². The SMILES string of the molecule is COc1ccc2cc(CN3C[C@@H](C(=O)O)C[C@@H](C(=O)NC4CC4)C3)ccc2c1. The van der Waals surface area contributed by atoms with Crippen LogP contribution in [0.2, 0.25) is 0 Å². The monoisotopic (exact) mass is 382 g/mol. The Labute approximate surface area is 164 Å². The number of rotatable bonds is 6. The third-order valence-electron chi connectivity index (χ3n) is 5.69. The molecular formula is C22H26N2O4. The third-order valence-corrected chi connectivity index (χ3v) is 5.69. The van der Waals surface area contributed by atoms with Gasteiger partial charge in [-0.05, 0) is 53.8 Å². The van der Waals surface area contributed by atoms with Crippen LogP contribution >= 0.6 is 0 Å². The van der Waals surface area contributed by atoms with Gasteiger partial charge in [-0.2, -0.15) is 0 Å². The fourth-order valence-electron chi connectivity index (χ4n) is 3.99. The maximum Gasteiger partial charge on any atom is 0.307 e. The summed E-state index contributed by atoms with van der Waals surface area (Å²) in [5.41, 5.74) is 1.12. The molecule has 2 aromatic carbocycles. The Morgan fingerprint density at radius 1 is 1.11 bits per heavy atom. The fraction of sp³-hybridized carbons (Fsp3) is 0.455. The van der Waals surface area contributed by atoms with Gasteiger partial charge in [0.15, 0.2) is 0 Å². The van der Waals surface area contributed by atoms with Crippen LogP contribution in [0.5, 0.6) is 5.75 Å². The number of carboxylic acid groups (broad SMARTS) is 1. The molecule has 148 valence electrons. The van der Waals surface area contributed by atoms with Crippen LogP contribution in [-0.2, 0) is 16.1 Å². The lowest BCUT2D eigenvalue weighted by atomic mass is 9.88. The smallest absolute Gasteiger partial charge is 0.307 e. The van der Waals surface area contributed by atoms with E-state index in [1.807, 2.05) is 18.2 Å². The van der Waals surface area contributed by atoms with E-state index < -0.39 is 11.9 Å². The summed E-state index contributed by atoms with van der Waals surface area (Å²) in [6.07, 6.45) is 2.49.